The molecule has 0 radical (unpaired) electrons. The van der Waals surface area contributed by atoms with Crippen molar-refractivity contribution in [3.05, 3.63) is 35.9 Å². The Balaban J connectivity index is 2.04. The SMILES string of the molecule is C[CH2][AlH][CH2]CCC(=O)CCCc1ccccc1. The second-order valence-electron chi connectivity index (χ2n) is 4.69. The highest BCUT2D eigenvalue weighted by atomic mass is 27.1. The van der Waals surface area contributed by atoms with Crippen molar-refractivity contribution in [3.8, 4) is 0 Å². The monoisotopic (exact) mass is 246 g/mol. The number of aryl methyl sites for hydroxylation is 1. The van der Waals surface area contributed by atoms with Gasteiger partial charge in [0.15, 0.2) is 0 Å². The Morgan fingerprint density at radius 3 is 2.53 bits per heavy atom. The summed E-state index contributed by atoms with van der Waals surface area (Å²) in [5.41, 5.74) is 1.35. The first-order valence-electron chi connectivity index (χ1n) is 6.88. The van der Waals surface area contributed by atoms with Gasteiger partial charge in [-0.3, -0.25) is 4.79 Å². The minimum atomic E-state index is 0.166. The van der Waals surface area contributed by atoms with E-state index < -0.39 is 0 Å². The van der Waals surface area contributed by atoms with Crippen LogP contribution in [0.25, 0.3) is 0 Å². The Hall–Kier alpha value is -0.578. The normalized spacial score (nSPS) is 10.2. The number of rotatable bonds is 9. The first-order chi connectivity index (χ1) is 8.33. The van der Waals surface area contributed by atoms with Crippen molar-refractivity contribution >= 4 is 21.0 Å². The van der Waals surface area contributed by atoms with E-state index in [4.69, 9.17) is 0 Å². The zero-order valence-electron chi connectivity index (χ0n) is 11.0. The van der Waals surface area contributed by atoms with Gasteiger partial charge in [-0.1, -0.05) is 49.0 Å². The standard InChI is InChI=1S/C13H17O.C2H5.Al.H/c1-2-7-13(14)11-6-10-12-8-4-3-5-9-12;1-2;;/h3-5,8-9H,1-2,6-7,10-11H2;1H2,2H3;;. The molecule has 0 N–H and O–H groups in total. The van der Waals surface area contributed by atoms with Crippen LogP contribution in [0.15, 0.2) is 30.3 Å². The Bertz CT molecular complexity index is 308. The molecule has 17 heavy (non-hydrogen) atoms. The summed E-state index contributed by atoms with van der Waals surface area (Å²) < 4.78 is 0. The first-order valence-corrected chi connectivity index (χ1v) is 8.88. The van der Waals surface area contributed by atoms with Crippen LogP contribution in [0.4, 0.5) is 0 Å². The third-order valence-electron chi connectivity index (χ3n) is 3.07. The highest BCUT2D eigenvalue weighted by Gasteiger charge is 2.02. The summed E-state index contributed by atoms with van der Waals surface area (Å²) in [5, 5.41) is 2.73. The maximum absolute atomic E-state index is 11.6. The molecular formula is C15H23AlO. The molecule has 0 saturated heterocycles. The minimum Gasteiger partial charge on any atom is -0.300 e. The van der Waals surface area contributed by atoms with Crippen LogP contribution in [0.2, 0.25) is 10.6 Å². The van der Waals surface area contributed by atoms with Crippen LogP contribution in [0, 0.1) is 0 Å². The summed E-state index contributed by atoms with van der Waals surface area (Å²) in [7, 11) is 0. The largest absolute Gasteiger partial charge is 0.300 e. The lowest BCUT2D eigenvalue weighted by Crippen LogP contribution is -1.99. The average Bonchev–Trinajstić information content (AvgIpc) is 2.36. The van der Waals surface area contributed by atoms with E-state index >= 15 is 0 Å². The molecule has 0 saturated carbocycles. The van der Waals surface area contributed by atoms with Gasteiger partial charge in [0.25, 0.3) is 0 Å². The summed E-state index contributed by atoms with van der Waals surface area (Å²) in [5.74, 6) is 0.464. The molecule has 1 aromatic rings. The molecule has 0 spiro atoms. The van der Waals surface area contributed by atoms with Gasteiger partial charge < -0.3 is 0 Å². The second kappa shape index (κ2) is 9.45. The predicted molar refractivity (Wildman–Crippen MR) is 76.1 cm³/mol. The lowest BCUT2D eigenvalue weighted by molar-refractivity contribution is -0.119. The van der Waals surface area contributed by atoms with Crippen molar-refractivity contribution < 1.29 is 4.79 Å². The number of Topliss-reactive ketones (excluding diaryl/α,β-unsaturated/α-hetero) is 1. The average molecular weight is 246 g/mol. The predicted octanol–water partition coefficient (Wildman–Crippen LogP) is 3.65. The maximum atomic E-state index is 11.6. The first kappa shape index (κ1) is 14.5. The van der Waals surface area contributed by atoms with Crippen molar-refractivity contribution in [3.63, 3.8) is 0 Å². The van der Waals surface area contributed by atoms with E-state index in [2.05, 4.69) is 31.2 Å². The van der Waals surface area contributed by atoms with Crippen molar-refractivity contribution in [2.24, 2.45) is 0 Å². The number of hydrogen-bond donors (Lipinski definition) is 0. The molecule has 0 heterocycles. The minimum absolute atomic E-state index is 0.166. The van der Waals surface area contributed by atoms with Gasteiger partial charge >= 0.3 is 0 Å². The van der Waals surface area contributed by atoms with Gasteiger partial charge in [-0.05, 0) is 18.4 Å². The van der Waals surface area contributed by atoms with Gasteiger partial charge in [0.2, 0.25) is 15.2 Å². The van der Waals surface area contributed by atoms with Crippen LogP contribution in [0.5, 0.6) is 0 Å². The quantitative estimate of drug-likeness (QED) is 0.480. The molecule has 2 heteroatoms. The number of ketones is 1. The van der Waals surface area contributed by atoms with E-state index in [1.54, 1.807) is 0 Å². The fraction of sp³-hybridized carbons (Fsp3) is 0.533. The van der Waals surface area contributed by atoms with Crippen LogP contribution in [-0.4, -0.2) is 21.0 Å². The molecule has 92 valence electrons. The molecule has 0 unspecified atom stereocenters. The number of carbonyl (C=O) groups is 1. The topological polar surface area (TPSA) is 17.1 Å². The summed E-state index contributed by atoms with van der Waals surface area (Å²) in [6, 6.07) is 10.4. The van der Waals surface area contributed by atoms with Crippen molar-refractivity contribution in [2.45, 2.75) is 49.6 Å². The van der Waals surface area contributed by atoms with Gasteiger partial charge in [-0.25, -0.2) is 0 Å². The molecule has 0 aliphatic carbocycles. The molecule has 0 aromatic heterocycles. The Kier molecular flexibility index (Phi) is 8.05. The highest BCUT2D eigenvalue weighted by Crippen LogP contribution is 2.07. The Morgan fingerprint density at radius 2 is 1.82 bits per heavy atom. The third-order valence-corrected chi connectivity index (χ3v) is 4.78. The smallest absolute Gasteiger partial charge is 0.236 e. The van der Waals surface area contributed by atoms with E-state index in [1.165, 1.54) is 16.1 Å². The summed E-state index contributed by atoms with van der Waals surface area (Å²) in [6.45, 7) is 2.26. The van der Waals surface area contributed by atoms with Gasteiger partial charge in [0.1, 0.15) is 5.78 Å². The van der Waals surface area contributed by atoms with Crippen molar-refractivity contribution in [1.29, 1.82) is 0 Å². The molecule has 0 aliphatic heterocycles. The fourth-order valence-corrected chi connectivity index (χ4v) is 3.11. The summed E-state index contributed by atoms with van der Waals surface area (Å²) in [6.07, 6.45) is 4.78. The van der Waals surface area contributed by atoms with Gasteiger partial charge in [0, 0.05) is 12.8 Å². The molecule has 1 nitrogen and oxygen atoms in total. The number of hydrogen-bond acceptors (Lipinski definition) is 1. The summed E-state index contributed by atoms with van der Waals surface area (Å²) in [4.78, 5) is 11.6. The van der Waals surface area contributed by atoms with Crippen molar-refractivity contribution in [2.75, 3.05) is 0 Å². The molecule has 1 rings (SSSR count). The molecule has 0 amide bonds. The van der Waals surface area contributed by atoms with Gasteiger partial charge in [-0.15, -0.1) is 5.28 Å². The van der Waals surface area contributed by atoms with E-state index in [0.29, 0.717) is 5.78 Å². The van der Waals surface area contributed by atoms with Crippen LogP contribution < -0.4 is 0 Å². The lowest BCUT2D eigenvalue weighted by Gasteiger charge is -2.01. The molecule has 0 bridgehead atoms. The molecular weight excluding hydrogens is 223 g/mol. The highest BCUT2D eigenvalue weighted by molar-refractivity contribution is 6.35. The van der Waals surface area contributed by atoms with E-state index in [0.717, 1.165) is 32.1 Å². The summed E-state index contributed by atoms with van der Waals surface area (Å²) >= 11 is 0.166. The van der Waals surface area contributed by atoms with Crippen LogP contribution in [0.3, 0.4) is 0 Å². The molecule has 0 atom stereocenters. The van der Waals surface area contributed by atoms with Crippen LogP contribution in [0.1, 0.15) is 38.2 Å². The fourth-order valence-electron chi connectivity index (χ4n) is 2.01. The zero-order valence-corrected chi connectivity index (χ0v) is 12.4. The van der Waals surface area contributed by atoms with E-state index in [1.807, 2.05) is 6.07 Å². The number of carbonyl (C=O) groups excluding carboxylic acids is 1. The van der Waals surface area contributed by atoms with E-state index in [9.17, 15) is 4.79 Å². The molecule has 0 fully saturated rings. The van der Waals surface area contributed by atoms with Gasteiger partial charge in [0.05, 0.1) is 0 Å². The Morgan fingerprint density at radius 1 is 1.12 bits per heavy atom. The second-order valence-corrected chi connectivity index (χ2v) is 7.10. The van der Waals surface area contributed by atoms with Gasteiger partial charge in [-0.2, -0.15) is 0 Å². The number of benzene rings is 1. The molecule has 0 aliphatic rings. The van der Waals surface area contributed by atoms with Crippen LogP contribution in [-0.2, 0) is 11.2 Å². The lowest BCUT2D eigenvalue weighted by atomic mass is 10.1. The maximum Gasteiger partial charge on any atom is 0.236 e. The zero-order chi connectivity index (χ0) is 12.3. The van der Waals surface area contributed by atoms with Crippen LogP contribution >= 0.6 is 0 Å². The van der Waals surface area contributed by atoms with Crippen molar-refractivity contribution in [1.82, 2.24) is 0 Å². The van der Waals surface area contributed by atoms with E-state index in [-0.39, 0.29) is 15.2 Å². The third kappa shape index (κ3) is 7.37. The molecule has 1 aromatic carbocycles. The Labute approximate surface area is 111 Å².